The predicted molar refractivity (Wildman–Crippen MR) is 58.3 cm³/mol. The minimum absolute atomic E-state index is 0.0500. The lowest BCUT2D eigenvalue weighted by atomic mass is 9.93. The number of carbonyl (C=O) groups excluding carboxylic acids is 2. The molecule has 0 saturated carbocycles. The Kier molecular flexibility index (Phi) is 5.50. The van der Waals surface area contributed by atoms with Crippen molar-refractivity contribution in [2.24, 2.45) is 11.1 Å². The normalized spacial score (nSPS) is 13.4. The number of rotatable bonds is 5. The lowest BCUT2D eigenvalue weighted by molar-refractivity contribution is -0.147. The lowest BCUT2D eigenvalue weighted by Gasteiger charge is -2.18. The van der Waals surface area contributed by atoms with Crippen LogP contribution in [0.5, 0.6) is 0 Å². The second-order valence-corrected chi connectivity index (χ2v) is 4.99. The largest absolute Gasteiger partial charge is 0.465 e. The Balaban J connectivity index is 3.79. The van der Waals surface area contributed by atoms with E-state index < -0.39 is 12.0 Å². The highest BCUT2D eigenvalue weighted by atomic mass is 16.5. The van der Waals surface area contributed by atoms with Gasteiger partial charge in [0.25, 0.3) is 0 Å². The Labute approximate surface area is 91.2 Å². The molecule has 88 valence electrons. The molecule has 0 rings (SSSR count). The van der Waals surface area contributed by atoms with Gasteiger partial charge in [-0.15, -0.1) is 0 Å². The lowest BCUT2D eigenvalue weighted by Crippen LogP contribution is -2.34. The van der Waals surface area contributed by atoms with Gasteiger partial charge in [-0.05, 0) is 18.8 Å². The van der Waals surface area contributed by atoms with E-state index in [2.05, 4.69) is 20.8 Å². The summed E-state index contributed by atoms with van der Waals surface area (Å²) in [5, 5.41) is 0. The van der Waals surface area contributed by atoms with Gasteiger partial charge in [-0.1, -0.05) is 20.8 Å². The highest BCUT2D eigenvalue weighted by Gasteiger charge is 2.18. The number of carbonyl (C=O) groups is 2. The summed E-state index contributed by atoms with van der Waals surface area (Å²) >= 11 is 0. The van der Waals surface area contributed by atoms with Crippen molar-refractivity contribution in [3.05, 3.63) is 0 Å². The second kappa shape index (κ2) is 5.85. The topological polar surface area (TPSA) is 69.4 Å². The molecule has 0 spiro atoms. The van der Waals surface area contributed by atoms with Crippen LogP contribution in [0, 0.1) is 5.41 Å². The van der Waals surface area contributed by atoms with Crippen LogP contribution in [0.15, 0.2) is 0 Å². The molecule has 0 radical (unpaired) electrons. The molecule has 0 amide bonds. The first-order valence-corrected chi connectivity index (χ1v) is 5.14. The van der Waals surface area contributed by atoms with Crippen LogP contribution in [0.3, 0.4) is 0 Å². The molecule has 2 N–H and O–H groups in total. The Morgan fingerprint density at radius 3 is 2.27 bits per heavy atom. The van der Waals surface area contributed by atoms with E-state index in [1.54, 1.807) is 0 Å². The average Bonchev–Trinajstić information content (AvgIpc) is 2.00. The molecule has 4 nitrogen and oxygen atoms in total. The number of esters is 1. The van der Waals surface area contributed by atoms with Crippen LogP contribution in [-0.2, 0) is 14.3 Å². The first kappa shape index (κ1) is 14.1. The Morgan fingerprint density at radius 1 is 1.33 bits per heavy atom. The van der Waals surface area contributed by atoms with Crippen LogP contribution in [0.25, 0.3) is 0 Å². The van der Waals surface area contributed by atoms with Crippen molar-refractivity contribution in [1.82, 2.24) is 0 Å². The molecule has 0 aromatic rings. The molecule has 4 heteroatoms. The van der Waals surface area contributed by atoms with Gasteiger partial charge in [-0.25, -0.2) is 0 Å². The number of nitrogens with two attached hydrogens (primary N) is 1. The average molecular weight is 215 g/mol. The molecule has 0 bridgehead atoms. The summed E-state index contributed by atoms with van der Waals surface area (Å²) in [6.45, 7) is 7.96. The fraction of sp³-hybridized carbons (Fsp3) is 0.818. The Bertz CT molecular complexity index is 230. The molecule has 0 saturated heterocycles. The number of ether oxygens (including phenoxy) is 1. The number of hydrogen-bond acceptors (Lipinski definition) is 4. The molecule has 0 fully saturated rings. The van der Waals surface area contributed by atoms with Gasteiger partial charge >= 0.3 is 5.97 Å². The van der Waals surface area contributed by atoms with Crippen molar-refractivity contribution in [3.8, 4) is 0 Å². The van der Waals surface area contributed by atoms with E-state index in [4.69, 9.17) is 10.5 Å². The number of hydrogen-bond donors (Lipinski definition) is 1. The quantitative estimate of drug-likeness (QED) is 0.701. The maximum Gasteiger partial charge on any atom is 0.323 e. The summed E-state index contributed by atoms with van der Waals surface area (Å²) in [5.41, 5.74) is 5.60. The second-order valence-electron chi connectivity index (χ2n) is 4.99. The zero-order valence-electron chi connectivity index (χ0n) is 10.0. The highest BCUT2D eigenvalue weighted by Crippen LogP contribution is 2.17. The van der Waals surface area contributed by atoms with Gasteiger partial charge in [0.05, 0.1) is 6.61 Å². The molecule has 0 aromatic carbocycles. The van der Waals surface area contributed by atoms with Crippen LogP contribution in [0.2, 0.25) is 0 Å². The fourth-order valence-electron chi connectivity index (χ4n) is 0.958. The minimum atomic E-state index is -0.817. The Morgan fingerprint density at radius 2 is 1.87 bits per heavy atom. The third-order valence-corrected chi connectivity index (χ3v) is 1.91. The van der Waals surface area contributed by atoms with Crippen molar-refractivity contribution < 1.29 is 14.3 Å². The van der Waals surface area contributed by atoms with Crippen molar-refractivity contribution in [1.29, 1.82) is 0 Å². The zero-order chi connectivity index (χ0) is 12.1. The standard InChI is InChI=1S/C11H21NO3/c1-8(13)7-9(12)10(14)15-6-5-11(2,3)4/h9H,5-7,12H2,1-4H3. The van der Waals surface area contributed by atoms with E-state index in [1.807, 2.05) is 0 Å². The summed E-state index contributed by atoms with van der Waals surface area (Å²) < 4.78 is 4.96. The van der Waals surface area contributed by atoms with Gasteiger partial charge in [-0.3, -0.25) is 9.59 Å². The first-order valence-electron chi connectivity index (χ1n) is 5.14. The minimum Gasteiger partial charge on any atom is -0.465 e. The van der Waals surface area contributed by atoms with Gasteiger partial charge in [0.15, 0.2) is 0 Å². The van der Waals surface area contributed by atoms with E-state index in [-0.39, 0.29) is 17.6 Å². The maximum atomic E-state index is 11.3. The van der Waals surface area contributed by atoms with Crippen molar-refractivity contribution in [2.75, 3.05) is 6.61 Å². The fourth-order valence-corrected chi connectivity index (χ4v) is 0.958. The third-order valence-electron chi connectivity index (χ3n) is 1.91. The SMILES string of the molecule is CC(=O)CC(N)C(=O)OCCC(C)(C)C. The third kappa shape index (κ3) is 8.12. The predicted octanol–water partition coefficient (Wildman–Crippen LogP) is 1.27. The van der Waals surface area contributed by atoms with Crippen LogP contribution >= 0.6 is 0 Å². The van der Waals surface area contributed by atoms with Crippen LogP contribution < -0.4 is 5.73 Å². The van der Waals surface area contributed by atoms with Crippen LogP contribution in [-0.4, -0.2) is 24.4 Å². The molecule has 0 aliphatic rings. The van der Waals surface area contributed by atoms with Crippen molar-refractivity contribution in [2.45, 2.75) is 46.6 Å². The highest BCUT2D eigenvalue weighted by molar-refractivity contribution is 5.84. The molecule has 0 aliphatic carbocycles. The maximum absolute atomic E-state index is 11.3. The Hall–Kier alpha value is -0.900. The summed E-state index contributed by atoms with van der Waals surface area (Å²) in [7, 11) is 0. The molecule has 15 heavy (non-hydrogen) atoms. The first-order chi connectivity index (χ1) is 6.72. The summed E-state index contributed by atoms with van der Waals surface area (Å²) in [6.07, 6.45) is 0.833. The smallest absolute Gasteiger partial charge is 0.323 e. The number of ketones is 1. The van der Waals surface area contributed by atoms with Gasteiger partial charge in [0.1, 0.15) is 11.8 Å². The summed E-state index contributed by atoms with van der Waals surface area (Å²) in [5.74, 6) is -0.593. The summed E-state index contributed by atoms with van der Waals surface area (Å²) in [6, 6.07) is -0.817. The van der Waals surface area contributed by atoms with E-state index in [0.717, 1.165) is 6.42 Å². The van der Waals surface area contributed by atoms with Gasteiger partial charge in [-0.2, -0.15) is 0 Å². The van der Waals surface area contributed by atoms with Gasteiger partial charge < -0.3 is 10.5 Å². The van der Waals surface area contributed by atoms with E-state index >= 15 is 0 Å². The number of Topliss-reactive ketones (excluding diaryl/α,β-unsaturated/α-hetero) is 1. The van der Waals surface area contributed by atoms with E-state index in [0.29, 0.717) is 6.61 Å². The van der Waals surface area contributed by atoms with Gasteiger partial charge in [0.2, 0.25) is 0 Å². The summed E-state index contributed by atoms with van der Waals surface area (Å²) in [4.78, 5) is 22.0. The van der Waals surface area contributed by atoms with Crippen LogP contribution in [0.1, 0.15) is 40.5 Å². The van der Waals surface area contributed by atoms with Crippen molar-refractivity contribution in [3.63, 3.8) is 0 Å². The van der Waals surface area contributed by atoms with E-state index in [9.17, 15) is 9.59 Å². The molecule has 1 atom stereocenters. The van der Waals surface area contributed by atoms with E-state index in [1.165, 1.54) is 6.92 Å². The molecular weight excluding hydrogens is 194 g/mol. The van der Waals surface area contributed by atoms with Crippen molar-refractivity contribution >= 4 is 11.8 Å². The molecular formula is C11H21NO3. The van der Waals surface area contributed by atoms with Crippen LogP contribution in [0.4, 0.5) is 0 Å². The molecule has 0 aliphatic heterocycles. The molecule has 0 aromatic heterocycles. The van der Waals surface area contributed by atoms with Gasteiger partial charge in [0, 0.05) is 6.42 Å². The molecule has 0 heterocycles. The zero-order valence-corrected chi connectivity index (χ0v) is 10.0. The monoisotopic (exact) mass is 215 g/mol. The molecule has 1 unspecified atom stereocenters.